The minimum Gasteiger partial charge on any atom is -0.465 e. The number of carboxylic acid groups (broad SMARTS) is 1. The van der Waals surface area contributed by atoms with Crippen LogP contribution in [-0.4, -0.2) is 75.3 Å². The summed E-state index contributed by atoms with van der Waals surface area (Å²) < 4.78 is 44.2. The molecule has 2 aromatic heterocycles. The number of likely N-dealkylation sites (tertiary alicyclic amines) is 1. The molecule has 2 saturated heterocycles. The third kappa shape index (κ3) is 6.02. The largest absolute Gasteiger partial charge is 0.465 e. The van der Waals surface area contributed by atoms with Crippen LogP contribution in [0.25, 0.3) is 0 Å². The smallest absolute Gasteiger partial charge is 0.417 e. The quantitative estimate of drug-likeness (QED) is 0.629. The number of hydrogen-bond donors (Lipinski definition) is 2. The van der Waals surface area contributed by atoms with Crippen molar-refractivity contribution in [3.63, 3.8) is 0 Å². The molecule has 2 fully saturated rings. The second kappa shape index (κ2) is 9.84. The number of morpholine rings is 1. The molecule has 4 heterocycles. The van der Waals surface area contributed by atoms with Crippen LogP contribution in [0.4, 0.5) is 23.1 Å². The molecule has 2 amide bonds. The summed E-state index contributed by atoms with van der Waals surface area (Å²) in [5, 5.41) is 13.2. The van der Waals surface area contributed by atoms with Gasteiger partial charge in [0, 0.05) is 37.6 Å². The highest BCUT2D eigenvalue weighted by atomic mass is 32.1. The van der Waals surface area contributed by atoms with Crippen LogP contribution < -0.4 is 5.32 Å². The van der Waals surface area contributed by atoms with E-state index >= 15 is 0 Å². The number of piperidine rings is 1. The lowest BCUT2D eigenvalue weighted by atomic mass is 9.89. The number of anilines is 1. The van der Waals surface area contributed by atoms with E-state index in [1.807, 2.05) is 5.38 Å². The number of hydrogen-bond acceptors (Lipinski definition) is 7. The predicted molar refractivity (Wildman–Crippen MR) is 116 cm³/mol. The van der Waals surface area contributed by atoms with Gasteiger partial charge in [0.25, 0.3) is 0 Å². The summed E-state index contributed by atoms with van der Waals surface area (Å²) >= 11 is 1.25. The molecular weight excluding hydrogens is 475 g/mol. The molecule has 2 aliphatic heterocycles. The topological polar surface area (TPSA) is 108 Å². The van der Waals surface area contributed by atoms with Crippen molar-refractivity contribution < 1.29 is 32.6 Å². The van der Waals surface area contributed by atoms with Crippen LogP contribution in [0.2, 0.25) is 0 Å². The molecule has 0 saturated carbocycles. The molecule has 0 aliphatic carbocycles. The van der Waals surface area contributed by atoms with E-state index in [-0.39, 0.29) is 19.1 Å². The van der Waals surface area contributed by atoms with Gasteiger partial charge in [0.15, 0.2) is 5.13 Å². The lowest BCUT2D eigenvalue weighted by molar-refractivity contribution is -0.172. The first-order valence-corrected chi connectivity index (χ1v) is 11.6. The molecule has 0 aromatic carbocycles. The van der Waals surface area contributed by atoms with Crippen molar-refractivity contribution in [2.45, 2.75) is 37.6 Å². The zero-order valence-electron chi connectivity index (χ0n) is 18.2. The molecule has 0 unspecified atom stereocenters. The average Bonchev–Trinajstić information content (AvgIpc) is 3.22. The first-order chi connectivity index (χ1) is 16.1. The Hall–Kier alpha value is -2.77. The van der Waals surface area contributed by atoms with E-state index in [1.54, 1.807) is 4.90 Å². The summed E-state index contributed by atoms with van der Waals surface area (Å²) in [5.41, 5.74) is -0.0738. The molecule has 0 atom stereocenters. The van der Waals surface area contributed by atoms with Crippen molar-refractivity contribution in [2.24, 2.45) is 0 Å². The molecule has 2 aliphatic rings. The number of thiazole rings is 1. The zero-order valence-corrected chi connectivity index (χ0v) is 19.0. The third-order valence-electron chi connectivity index (χ3n) is 6.06. The Morgan fingerprint density at radius 1 is 1.26 bits per heavy atom. The number of alkyl halides is 3. The van der Waals surface area contributed by atoms with E-state index in [9.17, 15) is 22.8 Å². The summed E-state index contributed by atoms with van der Waals surface area (Å²) in [4.78, 5) is 35.1. The maximum Gasteiger partial charge on any atom is 0.417 e. The number of nitrogens with one attached hydrogen (secondary N) is 1. The van der Waals surface area contributed by atoms with Crippen LogP contribution in [0, 0.1) is 0 Å². The summed E-state index contributed by atoms with van der Waals surface area (Å²) in [6, 6.07) is 2.28. The van der Waals surface area contributed by atoms with Crippen LogP contribution in [0.3, 0.4) is 0 Å². The predicted octanol–water partition coefficient (Wildman–Crippen LogP) is 3.08. The Bertz CT molecular complexity index is 1020. The van der Waals surface area contributed by atoms with Crippen LogP contribution in [0.5, 0.6) is 0 Å². The van der Waals surface area contributed by atoms with Gasteiger partial charge in [-0.15, -0.1) is 11.3 Å². The van der Waals surface area contributed by atoms with Gasteiger partial charge in [0.1, 0.15) is 6.61 Å². The number of aromatic nitrogens is 2. The van der Waals surface area contributed by atoms with E-state index in [2.05, 4.69) is 20.2 Å². The van der Waals surface area contributed by atoms with Crippen molar-refractivity contribution in [3.8, 4) is 0 Å². The lowest BCUT2D eigenvalue weighted by Crippen LogP contribution is -2.58. The number of halogens is 3. The van der Waals surface area contributed by atoms with Crippen molar-refractivity contribution in [1.29, 1.82) is 0 Å². The first kappa shape index (κ1) is 24.4. The van der Waals surface area contributed by atoms with E-state index in [1.165, 1.54) is 17.4 Å². The maximum atomic E-state index is 12.8. The Kier molecular flexibility index (Phi) is 7.05. The molecule has 2 N–H and O–H groups in total. The van der Waals surface area contributed by atoms with Gasteiger partial charge < -0.3 is 19.6 Å². The third-order valence-corrected chi connectivity index (χ3v) is 6.86. The van der Waals surface area contributed by atoms with E-state index in [4.69, 9.17) is 9.84 Å². The molecule has 184 valence electrons. The average molecular weight is 500 g/mol. The zero-order chi connectivity index (χ0) is 24.3. The summed E-state index contributed by atoms with van der Waals surface area (Å²) in [6.45, 7) is 2.76. The highest BCUT2D eigenvalue weighted by molar-refractivity contribution is 7.13. The number of pyridine rings is 1. The van der Waals surface area contributed by atoms with Crippen molar-refractivity contribution in [3.05, 3.63) is 40.7 Å². The van der Waals surface area contributed by atoms with Gasteiger partial charge in [-0.05, 0) is 25.0 Å². The Labute approximate surface area is 197 Å². The van der Waals surface area contributed by atoms with Gasteiger partial charge in [-0.1, -0.05) is 0 Å². The first-order valence-electron chi connectivity index (χ1n) is 10.7. The van der Waals surface area contributed by atoms with E-state index in [0.29, 0.717) is 23.8 Å². The number of amides is 2. The standard InChI is InChI=1S/C21H24F3N5O4S/c22-21(23,24)14-1-2-15(25-9-14)10-29-13-20(33-11-17(29)30)4-7-28(8-5-20)6-3-16-12-34-18(26-16)27-19(31)32/h1-2,9,12H,3-8,10-11,13H2,(H,26,27)(H,31,32). The monoisotopic (exact) mass is 499 g/mol. The molecule has 0 bridgehead atoms. The molecule has 2 aromatic rings. The van der Waals surface area contributed by atoms with Crippen LogP contribution in [-0.2, 0) is 28.7 Å². The normalized spacial score (nSPS) is 18.9. The van der Waals surface area contributed by atoms with Gasteiger partial charge in [0.05, 0.1) is 35.6 Å². The molecule has 1 spiro atoms. The Morgan fingerprint density at radius 2 is 2.03 bits per heavy atom. The molecule has 9 nitrogen and oxygen atoms in total. The van der Waals surface area contributed by atoms with Gasteiger partial charge in [0.2, 0.25) is 5.91 Å². The van der Waals surface area contributed by atoms with E-state index in [0.717, 1.165) is 50.4 Å². The second-order valence-electron chi connectivity index (χ2n) is 8.42. The number of ether oxygens (including phenoxy) is 1. The molecule has 34 heavy (non-hydrogen) atoms. The van der Waals surface area contributed by atoms with Crippen LogP contribution >= 0.6 is 11.3 Å². The SMILES string of the molecule is O=C(O)Nc1nc(CCN2CCC3(CC2)CN(Cc2ccc(C(F)(F)F)cn2)C(=O)CO3)cs1. The summed E-state index contributed by atoms with van der Waals surface area (Å²) in [6.07, 6.45) is -2.67. The van der Waals surface area contributed by atoms with Crippen LogP contribution in [0.1, 0.15) is 29.8 Å². The summed E-state index contributed by atoms with van der Waals surface area (Å²) in [7, 11) is 0. The maximum absolute atomic E-state index is 12.8. The van der Waals surface area contributed by atoms with Crippen molar-refractivity contribution >= 4 is 28.5 Å². The van der Waals surface area contributed by atoms with Gasteiger partial charge >= 0.3 is 12.3 Å². The van der Waals surface area contributed by atoms with Gasteiger partial charge in [-0.25, -0.2) is 9.78 Å². The fourth-order valence-electron chi connectivity index (χ4n) is 4.14. The summed E-state index contributed by atoms with van der Waals surface area (Å²) in [5.74, 6) is -0.205. The number of carbonyl (C=O) groups is 2. The highest BCUT2D eigenvalue weighted by Gasteiger charge is 2.42. The van der Waals surface area contributed by atoms with Crippen molar-refractivity contribution in [2.75, 3.05) is 38.1 Å². The molecule has 13 heteroatoms. The Morgan fingerprint density at radius 3 is 2.68 bits per heavy atom. The van der Waals surface area contributed by atoms with Crippen LogP contribution in [0.15, 0.2) is 23.7 Å². The fourth-order valence-corrected chi connectivity index (χ4v) is 4.88. The van der Waals surface area contributed by atoms with Gasteiger partial charge in [-0.3, -0.25) is 15.1 Å². The molecule has 0 radical (unpaired) electrons. The lowest BCUT2D eigenvalue weighted by Gasteiger charge is -2.47. The molecular formula is C21H24F3N5O4S. The number of nitrogens with zero attached hydrogens (tertiary/aromatic N) is 4. The van der Waals surface area contributed by atoms with Gasteiger partial charge in [-0.2, -0.15) is 13.2 Å². The second-order valence-corrected chi connectivity index (χ2v) is 9.28. The van der Waals surface area contributed by atoms with E-state index < -0.39 is 23.4 Å². The fraction of sp³-hybridized carbons (Fsp3) is 0.524. The van der Waals surface area contributed by atoms with Crippen molar-refractivity contribution in [1.82, 2.24) is 19.8 Å². The highest BCUT2D eigenvalue weighted by Crippen LogP contribution is 2.32. The number of rotatable bonds is 6. The number of carbonyl (C=O) groups excluding carboxylic acids is 1. The Balaban J connectivity index is 1.28. The molecule has 4 rings (SSSR count). The minimum absolute atomic E-state index is 0.0567. The minimum atomic E-state index is -4.45.